The highest BCUT2D eigenvalue weighted by molar-refractivity contribution is 6.35. The van der Waals surface area contributed by atoms with E-state index in [1.807, 2.05) is 24.3 Å². The molecular weight excluding hydrogens is 437 g/mol. The minimum atomic E-state index is -0.520. The van der Waals surface area contributed by atoms with Crippen LogP contribution in [0, 0.1) is 0 Å². The zero-order chi connectivity index (χ0) is 21.8. The molecule has 1 unspecified atom stereocenters. The number of halogens is 2. The summed E-state index contributed by atoms with van der Waals surface area (Å²) in [7, 11) is 0. The number of rotatable bonds is 5. The smallest absolute Gasteiger partial charge is 0.254 e. The number of ether oxygens (including phenoxy) is 1. The standard InChI is InChI=1S/C23H25Cl2N3O3/c24-18-12-19(25)14-20(13-18)26-22(29)21-5-2-6-28(21)23(30)17-4-1-3-16(11-17)15-27-7-9-31-10-8-27/h1,3-4,11-14,21H,2,5-10,15H2,(H,26,29). The quantitative estimate of drug-likeness (QED) is 0.728. The van der Waals surface area contributed by atoms with Crippen LogP contribution in [0.25, 0.3) is 0 Å². The average molecular weight is 462 g/mol. The van der Waals surface area contributed by atoms with Gasteiger partial charge in [-0.05, 0) is 48.7 Å². The van der Waals surface area contributed by atoms with Crippen LogP contribution in [-0.2, 0) is 16.1 Å². The number of hydrogen-bond acceptors (Lipinski definition) is 4. The molecule has 2 fully saturated rings. The van der Waals surface area contributed by atoms with Gasteiger partial charge in [-0.3, -0.25) is 14.5 Å². The van der Waals surface area contributed by atoms with Crippen LogP contribution in [0.3, 0.4) is 0 Å². The van der Waals surface area contributed by atoms with Gasteiger partial charge in [0.15, 0.2) is 0 Å². The van der Waals surface area contributed by atoms with Crippen molar-refractivity contribution in [3.63, 3.8) is 0 Å². The highest BCUT2D eigenvalue weighted by atomic mass is 35.5. The Morgan fingerprint density at radius 1 is 1.03 bits per heavy atom. The Kier molecular flexibility index (Phi) is 7.13. The van der Waals surface area contributed by atoms with E-state index in [4.69, 9.17) is 27.9 Å². The summed E-state index contributed by atoms with van der Waals surface area (Å²) in [4.78, 5) is 30.1. The van der Waals surface area contributed by atoms with Gasteiger partial charge in [-0.2, -0.15) is 0 Å². The molecule has 2 aliphatic rings. The summed E-state index contributed by atoms with van der Waals surface area (Å²) in [6.45, 7) is 4.59. The zero-order valence-corrected chi connectivity index (χ0v) is 18.7. The molecular formula is C23H25Cl2N3O3. The number of anilines is 1. The molecule has 0 aliphatic carbocycles. The van der Waals surface area contributed by atoms with Crippen molar-refractivity contribution in [2.45, 2.75) is 25.4 Å². The number of nitrogens with zero attached hydrogens (tertiary/aromatic N) is 2. The van der Waals surface area contributed by atoms with Crippen molar-refractivity contribution in [1.82, 2.24) is 9.80 Å². The van der Waals surface area contributed by atoms with E-state index in [1.54, 1.807) is 23.1 Å². The van der Waals surface area contributed by atoms with Gasteiger partial charge in [0.2, 0.25) is 5.91 Å². The number of carbonyl (C=O) groups excluding carboxylic acids is 2. The number of amides is 2. The topological polar surface area (TPSA) is 61.9 Å². The fraction of sp³-hybridized carbons (Fsp3) is 0.391. The van der Waals surface area contributed by atoms with E-state index in [9.17, 15) is 9.59 Å². The van der Waals surface area contributed by atoms with E-state index in [-0.39, 0.29) is 11.8 Å². The number of carbonyl (C=O) groups is 2. The van der Waals surface area contributed by atoms with Gasteiger partial charge in [0.05, 0.1) is 13.2 Å². The van der Waals surface area contributed by atoms with Gasteiger partial charge >= 0.3 is 0 Å². The number of morpholine rings is 1. The second kappa shape index (κ2) is 10.0. The maximum absolute atomic E-state index is 13.2. The molecule has 2 heterocycles. The molecule has 164 valence electrons. The second-order valence-corrected chi connectivity index (χ2v) is 8.77. The normalized spacial score (nSPS) is 19.4. The minimum Gasteiger partial charge on any atom is -0.379 e. The summed E-state index contributed by atoms with van der Waals surface area (Å²) in [5, 5.41) is 3.73. The van der Waals surface area contributed by atoms with Crippen molar-refractivity contribution in [3.8, 4) is 0 Å². The van der Waals surface area contributed by atoms with E-state index in [0.29, 0.717) is 34.3 Å². The molecule has 31 heavy (non-hydrogen) atoms. The number of nitrogens with one attached hydrogen (secondary N) is 1. The molecule has 2 aromatic carbocycles. The van der Waals surface area contributed by atoms with E-state index in [2.05, 4.69) is 10.2 Å². The first-order chi connectivity index (χ1) is 15.0. The molecule has 0 saturated carbocycles. The maximum atomic E-state index is 13.2. The summed E-state index contributed by atoms with van der Waals surface area (Å²) in [5.74, 6) is -0.348. The van der Waals surface area contributed by atoms with E-state index in [0.717, 1.165) is 44.8 Å². The first-order valence-corrected chi connectivity index (χ1v) is 11.2. The largest absolute Gasteiger partial charge is 0.379 e. The van der Waals surface area contributed by atoms with E-state index >= 15 is 0 Å². The highest BCUT2D eigenvalue weighted by Gasteiger charge is 2.34. The van der Waals surface area contributed by atoms with Crippen LogP contribution in [0.2, 0.25) is 10.0 Å². The molecule has 6 nitrogen and oxygen atoms in total. The predicted molar refractivity (Wildman–Crippen MR) is 122 cm³/mol. The lowest BCUT2D eigenvalue weighted by Gasteiger charge is -2.27. The Balaban J connectivity index is 1.44. The van der Waals surface area contributed by atoms with Crippen LogP contribution in [0.15, 0.2) is 42.5 Å². The van der Waals surface area contributed by atoms with Gasteiger partial charge in [-0.25, -0.2) is 0 Å². The first kappa shape index (κ1) is 22.1. The van der Waals surface area contributed by atoms with Crippen LogP contribution in [0.4, 0.5) is 5.69 Å². The lowest BCUT2D eigenvalue weighted by atomic mass is 10.1. The summed E-state index contributed by atoms with van der Waals surface area (Å²) in [6.07, 6.45) is 1.41. The molecule has 2 aliphatic heterocycles. The van der Waals surface area contributed by atoms with Crippen molar-refractivity contribution in [1.29, 1.82) is 0 Å². The van der Waals surface area contributed by atoms with Gasteiger partial charge in [0.1, 0.15) is 6.04 Å². The molecule has 2 amide bonds. The summed E-state index contributed by atoms with van der Waals surface area (Å²) in [6, 6.07) is 12.0. The lowest BCUT2D eigenvalue weighted by molar-refractivity contribution is -0.119. The third-order valence-electron chi connectivity index (χ3n) is 5.63. The first-order valence-electron chi connectivity index (χ1n) is 10.5. The van der Waals surface area contributed by atoms with Gasteiger partial charge in [0.25, 0.3) is 5.91 Å². The van der Waals surface area contributed by atoms with Gasteiger partial charge in [0, 0.05) is 47.5 Å². The Labute approximate surface area is 192 Å². The molecule has 4 rings (SSSR count). The summed E-state index contributed by atoms with van der Waals surface area (Å²) < 4.78 is 5.40. The van der Waals surface area contributed by atoms with Crippen molar-refractivity contribution in [2.24, 2.45) is 0 Å². The predicted octanol–water partition coefficient (Wildman–Crippen LogP) is 4.07. The highest BCUT2D eigenvalue weighted by Crippen LogP contribution is 2.25. The van der Waals surface area contributed by atoms with Crippen molar-refractivity contribution in [3.05, 3.63) is 63.6 Å². The molecule has 2 saturated heterocycles. The van der Waals surface area contributed by atoms with Crippen LogP contribution in [0.5, 0.6) is 0 Å². The fourth-order valence-electron chi connectivity index (χ4n) is 4.12. The zero-order valence-electron chi connectivity index (χ0n) is 17.2. The number of hydrogen-bond donors (Lipinski definition) is 1. The number of likely N-dealkylation sites (tertiary alicyclic amines) is 1. The van der Waals surface area contributed by atoms with Crippen LogP contribution < -0.4 is 5.32 Å². The van der Waals surface area contributed by atoms with Crippen molar-refractivity contribution in [2.75, 3.05) is 38.2 Å². The lowest BCUT2D eigenvalue weighted by Crippen LogP contribution is -2.43. The Hall–Kier alpha value is -2.12. The molecule has 1 N–H and O–H groups in total. The van der Waals surface area contributed by atoms with Gasteiger partial charge in [-0.1, -0.05) is 35.3 Å². The molecule has 2 aromatic rings. The molecule has 0 aromatic heterocycles. The Morgan fingerprint density at radius 3 is 2.52 bits per heavy atom. The summed E-state index contributed by atoms with van der Waals surface area (Å²) >= 11 is 12.1. The SMILES string of the molecule is O=C(Nc1cc(Cl)cc(Cl)c1)C1CCCN1C(=O)c1cccc(CN2CCOCC2)c1. The number of benzene rings is 2. The van der Waals surface area contributed by atoms with Gasteiger partial charge in [-0.15, -0.1) is 0 Å². The fourth-order valence-corrected chi connectivity index (χ4v) is 4.65. The van der Waals surface area contributed by atoms with Crippen LogP contribution in [0.1, 0.15) is 28.8 Å². The van der Waals surface area contributed by atoms with E-state index in [1.165, 1.54) is 0 Å². The third kappa shape index (κ3) is 5.57. The Morgan fingerprint density at radius 2 is 1.77 bits per heavy atom. The third-order valence-corrected chi connectivity index (χ3v) is 6.07. The van der Waals surface area contributed by atoms with Crippen molar-refractivity contribution >= 4 is 40.7 Å². The minimum absolute atomic E-state index is 0.120. The summed E-state index contributed by atoms with van der Waals surface area (Å²) in [5.41, 5.74) is 2.21. The molecule has 0 spiro atoms. The molecule has 8 heteroatoms. The van der Waals surface area contributed by atoms with Crippen LogP contribution in [-0.4, -0.2) is 60.5 Å². The van der Waals surface area contributed by atoms with E-state index < -0.39 is 6.04 Å². The molecule has 0 bridgehead atoms. The van der Waals surface area contributed by atoms with Gasteiger partial charge < -0.3 is 15.0 Å². The average Bonchev–Trinajstić information content (AvgIpc) is 3.23. The molecule has 1 atom stereocenters. The Bertz CT molecular complexity index is 943. The van der Waals surface area contributed by atoms with Crippen molar-refractivity contribution < 1.29 is 14.3 Å². The molecule has 0 radical (unpaired) electrons. The second-order valence-electron chi connectivity index (χ2n) is 7.89. The van der Waals surface area contributed by atoms with Crippen LogP contribution >= 0.6 is 23.2 Å². The maximum Gasteiger partial charge on any atom is 0.254 e. The monoisotopic (exact) mass is 461 g/mol.